The summed E-state index contributed by atoms with van der Waals surface area (Å²) >= 11 is 0. The molecule has 0 saturated carbocycles. The molecule has 2 rings (SSSR count). The van der Waals surface area contributed by atoms with Gasteiger partial charge in [0.2, 0.25) is 0 Å². The molecule has 0 amide bonds. The fraction of sp³-hybridized carbons (Fsp3) is 0.583. The maximum atomic E-state index is 4.26. The molecule has 1 aliphatic heterocycles. The molecule has 5 heteroatoms. The third kappa shape index (κ3) is 4.07. The van der Waals surface area contributed by atoms with Crippen LogP contribution in [0.25, 0.3) is 0 Å². The van der Waals surface area contributed by atoms with Gasteiger partial charge in [0, 0.05) is 26.2 Å². The van der Waals surface area contributed by atoms with E-state index in [-0.39, 0.29) is 26.0 Å². The Balaban J connectivity index is 0.00000128. The van der Waals surface area contributed by atoms with E-state index in [4.69, 9.17) is 0 Å². The summed E-state index contributed by atoms with van der Waals surface area (Å²) in [5, 5.41) is 0. The molecule has 0 spiro atoms. The minimum Gasteiger partial charge on any atom is -0.471 e. The molecule has 1 radical (unpaired) electrons. The third-order valence-electron chi connectivity index (χ3n) is 3.12. The van der Waals surface area contributed by atoms with Gasteiger partial charge in [-0.1, -0.05) is 12.6 Å². The molecule has 4 nitrogen and oxygen atoms in total. The van der Waals surface area contributed by atoms with Crippen molar-refractivity contribution >= 4 is 0 Å². The van der Waals surface area contributed by atoms with E-state index in [2.05, 4.69) is 28.9 Å². The number of imidazole rings is 1. The third-order valence-corrected chi connectivity index (χ3v) is 3.12. The van der Waals surface area contributed by atoms with E-state index in [0.717, 1.165) is 38.5 Å². The number of likely N-dealkylation sites (N-methyl/N-ethyl adjacent to an activating group) is 1. The number of hydrogen-bond donors (Lipinski definition) is 0. The van der Waals surface area contributed by atoms with Crippen molar-refractivity contribution in [3.8, 4) is 0 Å². The van der Waals surface area contributed by atoms with Gasteiger partial charge in [-0.2, -0.15) is 0 Å². The van der Waals surface area contributed by atoms with Crippen molar-refractivity contribution in [2.45, 2.75) is 13.5 Å². The minimum absolute atomic E-state index is 0. The molecule has 95 valence electrons. The summed E-state index contributed by atoms with van der Waals surface area (Å²) in [5.41, 5.74) is 1.21. The Morgan fingerprint density at radius 2 is 1.88 bits per heavy atom. The van der Waals surface area contributed by atoms with Gasteiger partial charge in [-0.05, 0) is 25.6 Å². The maximum Gasteiger partial charge on any atom is 2.00 e. The maximum absolute atomic E-state index is 4.26. The topological polar surface area (TPSA) is 24.3 Å². The van der Waals surface area contributed by atoms with Crippen LogP contribution in [0.2, 0.25) is 0 Å². The molecule has 2 heterocycles. The smallest absolute Gasteiger partial charge is 0.471 e. The van der Waals surface area contributed by atoms with Gasteiger partial charge in [-0.15, -0.1) is 7.05 Å². The van der Waals surface area contributed by atoms with Crippen molar-refractivity contribution in [1.82, 2.24) is 19.4 Å². The van der Waals surface area contributed by atoms with Crippen molar-refractivity contribution in [3.05, 3.63) is 32.2 Å². The Kier molecular flexibility index (Phi) is 6.94. The first-order chi connectivity index (χ1) is 7.16. The van der Waals surface area contributed by atoms with Crippen LogP contribution in [0.1, 0.15) is 11.5 Å². The van der Waals surface area contributed by atoms with Crippen LogP contribution in [0.5, 0.6) is 0 Å². The second kappa shape index (κ2) is 7.12. The zero-order valence-electron chi connectivity index (χ0n) is 11.1. The second-order valence-electron chi connectivity index (χ2n) is 4.30. The van der Waals surface area contributed by atoms with Gasteiger partial charge in [0.25, 0.3) is 0 Å². The number of aromatic nitrogens is 2. The molecule has 0 unspecified atom stereocenters. The first-order valence-electron chi connectivity index (χ1n) is 5.42. The fourth-order valence-electron chi connectivity index (χ4n) is 1.88. The standard InChI is InChI=1S/C11H19N4.CH3.V/c1-10-12-8-11(14(10)3)9-15-6-4-13(2)5-7-15;;/h8H,3-7,9H2,1-2H3;1H3;/q2*-1;+2. The molecule has 1 fully saturated rings. The molecule has 1 aromatic rings. The number of hydrogen-bond acceptors (Lipinski definition) is 3. The van der Waals surface area contributed by atoms with Crippen molar-refractivity contribution in [2.75, 3.05) is 33.2 Å². The van der Waals surface area contributed by atoms with Gasteiger partial charge < -0.3 is 26.8 Å². The molecule has 17 heavy (non-hydrogen) atoms. The van der Waals surface area contributed by atoms with Gasteiger partial charge >= 0.3 is 18.6 Å². The van der Waals surface area contributed by atoms with Gasteiger partial charge in [-0.3, -0.25) is 0 Å². The Morgan fingerprint density at radius 3 is 2.35 bits per heavy atom. The minimum atomic E-state index is 0. The Morgan fingerprint density at radius 1 is 1.29 bits per heavy atom. The number of aryl methyl sites for hydroxylation is 1. The van der Waals surface area contributed by atoms with E-state index < -0.39 is 0 Å². The van der Waals surface area contributed by atoms with Crippen LogP contribution in [0.15, 0.2) is 6.20 Å². The zero-order chi connectivity index (χ0) is 10.8. The quantitative estimate of drug-likeness (QED) is 0.752. The Bertz CT molecular complexity index is 329. The largest absolute Gasteiger partial charge is 2.00 e. The van der Waals surface area contributed by atoms with Crippen LogP contribution in [-0.2, 0) is 25.1 Å². The summed E-state index contributed by atoms with van der Waals surface area (Å²) in [7, 11) is 6.15. The Hall–Kier alpha value is -0.416. The zero-order valence-corrected chi connectivity index (χ0v) is 12.5. The van der Waals surface area contributed by atoms with Crippen molar-refractivity contribution in [1.29, 1.82) is 0 Å². The summed E-state index contributed by atoms with van der Waals surface area (Å²) in [6.45, 7) is 7.55. The van der Waals surface area contributed by atoms with E-state index in [1.165, 1.54) is 5.69 Å². The molecule has 1 saturated heterocycles. The van der Waals surface area contributed by atoms with Gasteiger partial charge in [0.15, 0.2) is 0 Å². The molecule has 0 atom stereocenters. The van der Waals surface area contributed by atoms with Crippen molar-refractivity contribution in [2.24, 2.45) is 0 Å². The Labute approximate surface area is 117 Å². The summed E-state index contributed by atoms with van der Waals surface area (Å²) in [4.78, 5) is 9.08. The molecule has 1 aromatic heterocycles. The fourth-order valence-corrected chi connectivity index (χ4v) is 1.88. The number of piperazine rings is 1. The van der Waals surface area contributed by atoms with Crippen LogP contribution in [-0.4, -0.2) is 52.6 Å². The first-order valence-corrected chi connectivity index (χ1v) is 5.42. The summed E-state index contributed by atoms with van der Waals surface area (Å²) in [6.07, 6.45) is 1.93. The van der Waals surface area contributed by atoms with Crippen LogP contribution in [0.4, 0.5) is 0 Å². The van der Waals surface area contributed by atoms with E-state index in [1.54, 1.807) is 0 Å². The molecular weight excluding hydrogens is 251 g/mol. The summed E-state index contributed by atoms with van der Waals surface area (Å²) < 4.78 is 1.93. The average Bonchev–Trinajstić information content (AvgIpc) is 2.53. The predicted octanol–water partition coefficient (Wildman–Crippen LogP) is 1.03. The number of nitrogens with zero attached hydrogens (tertiary/aromatic N) is 4. The van der Waals surface area contributed by atoms with Gasteiger partial charge in [0.05, 0.1) is 0 Å². The molecule has 0 aliphatic carbocycles. The van der Waals surface area contributed by atoms with Gasteiger partial charge in [0.1, 0.15) is 0 Å². The van der Waals surface area contributed by atoms with Crippen LogP contribution >= 0.6 is 0 Å². The molecule has 0 aromatic carbocycles. The van der Waals surface area contributed by atoms with Crippen molar-refractivity contribution in [3.63, 3.8) is 0 Å². The molecule has 1 aliphatic rings. The summed E-state index contributed by atoms with van der Waals surface area (Å²) in [5.74, 6) is 0.985. The van der Waals surface area contributed by atoms with Crippen molar-refractivity contribution < 1.29 is 18.6 Å². The second-order valence-corrected chi connectivity index (χ2v) is 4.30. The van der Waals surface area contributed by atoms with E-state index in [0.29, 0.717) is 0 Å². The first kappa shape index (κ1) is 16.6. The van der Waals surface area contributed by atoms with E-state index in [1.807, 2.05) is 17.7 Å². The average molecular weight is 273 g/mol. The molecule has 0 N–H and O–H groups in total. The summed E-state index contributed by atoms with van der Waals surface area (Å²) in [6, 6.07) is 0. The SMILES string of the molecule is [CH2-]n1c(CN2CCN(C)CC2)cnc1C.[CH3-].[V+2]. The van der Waals surface area contributed by atoms with Crippen LogP contribution in [0, 0.1) is 21.4 Å². The predicted molar refractivity (Wildman–Crippen MR) is 66.9 cm³/mol. The van der Waals surface area contributed by atoms with Crippen LogP contribution in [0.3, 0.4) is 0 Å². The van der Waals surface area contributed by atoms with Gasteiger partial charge in [-0.25, -0.2) is 0 Å². The molecule has 0 bridgehead atoms. The van der Waals surface area contributed by atoms with E-state index in [9.17, 15) is 0 Å². The van der Waals surface area contributed by atoms with E-state index >= 15 is 0 Å². The number of rotatable bonds is 2. The normalized spacial score (nSPS) is 17.3. The molecular formula is C12H22N4V. The van der Waals surface area contributed by atoms with Crippen LogP contribution < -0.4 is 0 Å². The monoisotopic (exact) mass is 273 g/mol.